The standard InChI is InChI=1S/C21H30N4O2S/c1-14-15(2)28-20-19(14)21(27)25(13-23-20)11-8-18(26)22-12-16-6-5-10-24-9-4-3-7-17(16)24/h13,16-17H,3-12H2,1-2H3,(H,22,26)/t16-,17-/m1/s1. The van der Waals surface area contributed by atoms with E-state index in [4.69, 9.17) is 0 Å². The first-order valence-corrected chi connectivity index (χ1v) is 11.3. The molecule has 0 aromatic carbocycles. The SMILES string of the molecule is Cc1sc2ncn(CCC(=O)NC[C@H]3CCCN4CCCC[C@H]34)c(=O)c2c1C. The van der Waals surface area contributed by atoms with E-state index in [2.05, 4.69) is 15.2 Å². The van der Waals surface area contributed by atoms with E-state index < -0.39 is 0 Å². The number of carbonyl (C=O) groups is 1. The molecule has 0 aliphatic carbocycles. The van der Waals surface area contributed by atoms with Crippen LogP contribution < -0.4 is 10.9 Å². The van der Waals surface area contributed by atoms with Gasteiger partial charge in [-0.3, -0.25) is 14.2 Å². The van der Waals surface area contributed by atoms with Gasteiger partial charge in [-0.1, -0.05) is 6.42 Å². The number of rotatable bonds is 5. The van der Waals surface area contributed by atoms with Crippen LogP contribution in [0.25, 0.3) is 10.2 Å². The van der Waals surface area contributed by atoms with E-state index in [0.29, 0.717) is 30.3 Å². The molecule has 0 saturated carbocycles. The van der Waals surface area contributed by atoms with Crippen LogP contribution in [0.5, 0.6) is 0 Å². The predicted molar refractivity (Wildman–Crippen MR) is 113 cm³/mol. The van der Waals surface area contributed by atoms with Crippen LogP contribution in [-0.4, -0.2) is 46.0 Å². The molecule has 2 aliphatic rings. The highest BCUT2D eigenvalue weighted by molar-refractivity contribution is 7.18. The topological polar surface area (TPSA) is 67.2 Å². The maximum Gasteiger partial charge on any atom is 0.262 e. The molecule has 2 fully saturated rings. The zero-order valence-electron chi connectivity index (χ0n) is 16.9. The third-order valence-electron chi connectivity index (χ3n) is 6.53. The van der Waals surface area contributed by atoms with Crippen molar-refractivity contribution in [3.8, 4) is 0 Å². The second-order valence-electron chi connectivity index (χ2n) is 8.26. The molecule has 28 heavy (non-hydrogen) atoms. The Morgan fingerprint density at radius 1 is 1.25 bits per heavy atom. The Hall–Kier alpha value is -1.73. The van der Waals surface area contributed by atoms with Crippen molar-refractivity contribution in [2.75, 3.05) is 19.6 Å². The van der Waals surface area contributed by atoms with Crippen molar-refractivity contribution in [3.63, 3.8) is 0 Å². The van der Waals surface area contributed by atoms with Gasteiger partial charge in [-0.25, -0.2) is 4.98 Å². The van der Waals surface area contributed by atoms with Gasteiger partial charge in [0.05, 0.1) is 11.7 Å². The summed E-state index contributed by atoms with van der Waals surface area (Å²) in [5, 5.41) is 3.83. The van der Waals surface area contributed by atoms with Gasteiger partial charge in [0, 0.05) is 30.4 Å². The first-order valence-electron chi connectivity index (χ1n) is 10.5. The summed E-state index contributed by atoms with van der Waals surface area (Å²) in [6, 6.07) is 0.641. The van der Waals surface area contributed by atoms with Crippen molar-refractivity contribution < 1.29 is 4.79 Å². The molecular weight excluding hydrogens is 372 g/mol. The first kappa shape index (κ1) is 19.6. The molecule has 152 valence electrons. The van der Waals surface area contributed by atoms with E-state index in [1.165, 1.54) is 45.2 Å². The van der Waals surface area contributed by atoms with Gasteiger partial charge < -0.3 is 10.2 Å². The fraction of sp³-hybridized carbons (Fsp3) is 0.667. The third kappa shape index (κ3) is 3.87. The molecule has 4 heterocycles. The minimum atomic E-state index is -0.0372. The van der Waals surface area contributed by atoms with E-state index in [1.807, 2.05) is 13.8 Å². The van der Waals surface area contributed by atoms with E-state index in [9.17, 15) is 9.59 Å². The van der Waals surface area contributed by atoms with Crippen LogP contribution >= 0.6 is 11.3 Å². The summed E-state index contributed by atoms with van der Waals surface area (Å²) >= 11 is 1.55. The van der Waals surface area contributed by atoms with Gasteiger partial charge in [0.1, 0.15) is 4.83 Å². The van der Waals surface area contributed by atoms with Crippen LogP contribution in [0.4, 0.5) is 0 Å². The maximum absolute atomic E-state index is 12.7. The number of nitrogens with zero attached hydrogens (tertiary/aromatic N) is 3. The van der Waals surface area contributed by atoms with E-state index in [0.717, 1.165) is 21.8 Å². The lowest BCUT2D eigenvalue weighted by molar-refractivity contribution is -0.121. The van der Waals surface area contributed by atoms with Crippen LogP contribution in [0.15, 0.2) is 11.1 Å². The van der Waals surface area contributed by atoms with Gasteiger partial charge in [-0.15, -0.1) is 11.3 Å². The highest BCUT2D eigenvalue weighted by Crippen LogP contribution is 2.30. The van der Waals surface area contributed by atoms with Crippen molar-refractivity contribution in [2.45, 2.75) is 65.0 Å². The van der Waals surface area contributed by atoms with Crippen molar-refractivity contribution in [1.82, 2.24) is 19.8 Å². The number of hydrogen-bond acceptors (Lipinski definition) is 5. The average molecular weight is 403 g/mol. The monoisotopic (exact) mass is 402 g/mol. The van der Waals surface area contributed by atoms with Gasteiger partial charge in [0.25, 0.3) is 5.56 Å². The molecule has 2 aromatic rings. The normalized spacial score (nSPS) is 22.9. The smallest absolute Gasteiger partial charge is 0.262 e. The number of aryl methyl sites for hydroxylation is 3. The zero-order valence-corrected chi connectivity index (χ0v) is 17.7. The lowest BCUT2D eigenvalue weighted by atomic mass is 9.83. The largest absolute Gasteiger partial charge is 0.356 e. The van der Waals surface area contributed by atoms with E-state index in [1.54, 1.807) is 22.2 Å². The van der Waals surface area contributed by atoms with Gasteiger partial charge in [0.15, 0.2) is 0 Å². The van der Waals surface area contributed by atoms with Crippen molar-refractivity contribution in [2.24, 2.45) is 5.92 Å². The average Bonchev–Trinajstić information content (AvgIpc) is 3.00. The summed E-state index contributed by atoms with van der Waals surface area (Å²) in [4.78, 5) is 34.1. The summed E-state index contributed by atoms with van der Waals surface area (Å²) in [6.45, 7) is 7.55. The highest BCUT2D eigenvalue weighted by Gasteiger charge is 2.32. The second-order valence-corrected chi connectivity index (χ2v) is 9.47. The number of amides is 1. The van der Waals surface area contributed by atoms with Crippen LogP contribution in [-0.2, 0) is 11.3 Å². The molecule has 1 amide bonds. The molecule has 2 saturated heterocycles. The number of carbonyl (C=O) groups excluding carboxylic acids is 1. The molecule has 2 atom stereocenters. The molecule has 2 aromatic heterocycles. The Labute approximate surface area is 169 Å². The Balaban J connectivity index is 1.33. The summed E-state index contributed by atoms with van der Waals surface area (Å²) in [7, 11) is 0. The minimum Gasteiger partial charge on any atom is -0.356 e. The van der Waals surface area contributed by atoms with Crippen molar-refractivity contribution >= 4 is 27.5 Å². The highest BCUT2D eigenvalue weighted by atomic mass is 32.1. The molecule has 0 spiro atoms. The Morgan fingerprint density at radius 3 is 2.93 bits per heavy atom. The maximum atomic E-state index is 12.7. The molecular formula is C21H30N4O2S. The molecule has 2 aliphatic heterocycles. The molecule has 0 unspecified atom stereocenters. The molecule has 4 rings (SSSR count). The van der Waals surface area contributed by atoms with Gasteiger partial charge in [-0.05, 0) is 64.1 Å². The van der Waals surface area contributed by atoms with E-state index >= 15 is 0 Å². The number of piperidine rings is 2. The van der Waals surface area contributed by atoms with Crippen molar-refractivity contribution in [3.05, 3.63) is 27.1 Å². The molecule has 1 N–H and O–H groups in total. The van der Waals surface area contributed by atoms with Crippen LogP contribution in [0.2, 0.25) is 0 Å². The van der Waals surface area contributed by atoms with Crippen LogP contribution in [0.3, 0.4) is 0 Å². The molecule has 7 heteroatoms. The predicted octanol–water partition coefficient (Wildman–Crippen LogP) is 2.85. The summed E-state index contributed by atoms with van der Waals surface area (Å²) in [6.07, 6.45) is 8.22. The number of aromatic nitrogens is 2. The lowest BCUT2D eigenvalue weighted by Crippen LogP contribution is -2.51. The van der Waals surface area contributed by atoms with Gasteiger partial charge >= 0.3 is 0 Å². The zero-order chi connectivity index (χ0) is 19.7. The Bertz CT molecular complexity index is 917. The number of hydrogen-bond donors (Lipinski definition) is 1. The van der Waals surface area contributed by atoms with Gasteiger partial charge in [0.2, 0.25) is 5.91 Å². The summed E-state index contributed by atoms with van der Waals surface area (Å²) < 4.78 is 1.57. The first-order chi connectivity index (χ1) is 13.5. The molecule has 0 bridgehead atoms. The molecule has 0 radical (unpaired) electrons. The Morgan fingerprint density at radius 2 is 2.07 bits per heavy atom. The minimum absolute atomic E-state index is 0.0261. The van der Waals surface area contributed by atoms with E-state index in [-0.39, 0.29) is 11.5 Å². The van der Waals surface area contributed by atoms with Crippen molar-refractivity contribution in [1.29, 1.82) is 0 Å². The molecule has 6 nitrogen and oxygen atoms in total. The number of fused-ring (bicyclic) bond motifs is 2. The van der Waals surface area contributed by atoms with Crippen LogP contribution in [0.1, 0.15) is 49.0 Å². The van der Waals surface area contributed by atoms with Crippen LogP contribution in [0, 0.1) is 19.8 Å². The Kier molecular flexibility index (Phi) is 5.83. The summed E-state index contributed by atoms with van der Waals surface area (Å²) in [5.41, 5.74) is 0.968. The number of thiophene rings is 1. The van der Waals surface area contributed by atoms with Gasteiger partial charge in [-0.2, -0.15) is 0 Å². The quantitative estimate of drug-likeness (QED) is 0.835. The fourth-order valence-corrected chi connectivity index (χ4v) is 5.79. The fourth-order valence-electron chi connectivity index (χ4n) is 4.80. The lowest BCUT2D eigenvalue weighted by Gasteiger charge is -2.44. The summed E-state index contributed by atoms with van der Waals surface area (Å²) in [5.74, 6) is 0.591. The second kappa shape index (κ2) is 8.33. The third-order valence-corrected chi connectivity index (χ3v) is 7.64. The number of nitrogens with one attached hydrogen (secondary N) is 1.